The number of methoxy groups -OCH3 is 1. The molecule has 0 radical (unpaired) electrons. The van der Waals surface area contributed by atoms with E-state index >= 15 is 0 Å². The van der Waals surface area contributed by atoms with Gasteiger partial charge in [-0.1, -0.05) is 0 Å². The molecule has 3 N–H and O–H groups in total. The van der Waals surface area contributed by atoms with Gasteiger partial charge in [-0.15, -0.1) is 0 Å². The molecule has 1 amide bonds. The molecular formula is C17H36N4O3. The number of unbranched alkanes of at least 4 members (excludes halogenated alkanes) is 2. The van der Waals surface area contributed by atoms with Crippen LogP contribution in [0.1, 0.15) is 53.9 Å². The minimum atomic E-state index is -0.506. The standard InChI is InChI=1S/C17H36N4O3/c1-16(2,3)24-15(22)21-17(4,5)13-20-14(18-6)19-11-9-8-10-12-23-7/h8-13H2,1-7H3,(H,21,22)(H2,18,19,20). The third kappa shape index (κ3) is 13.0. The Labute approximate surface area is 147 Å². The van der Waals surface area contributed by atoms with Crippen LogP contribution in [0.15, 0.2) is 4.99 Å². The van der Waals surface area contributed by atoms with Crippen molar-refractivity contribution in [1.29, 1.82) is 0 Å². The fraction of sp³-hybridized carbons (Fsp3) is 0.882. The number of carbonyl (C=O) groups is 1. The first kappa shape index (κ1) is 22.5. The summed E-state index contributed by atoms with van der Waals surface area (Å²) in [6.07, 6.45) is 2.82. The van der Waals surface area contributed by atoms with Crippen LogP contribution in [0.25, 0.3) is 0 Å². The number of nitrogens with zero attached hydrogens (tertiary/aromatic N) is 1. The van der Waals surface area contributed by atoms with Gasteiger partial charge in [0.1, 0.15) is 5.60 Å². The molecule has 0 saturated heterocycles. The number of amides is 1. The van der Waals surface area contributed by atoms with Crippen LogP contribution in [-0.4, -0.2) is 57.0 Å². The van der Waals surface area contributed by atoms with Crippen molar-refractivity contribution in [3.63, 3.8) is 0 Å². The molecule has 0 atom stereocenters. The number of rotatable bonds is 9. The summed E-state index contributed by atoms with van der Waals surface area (Å²) in [6, 6.07) is 0. The highest BCUT2D eigenvalue weighted by Crippen LogP contribution is 2.09. The summed E-state index contributed by atoms with van der Waals surface area (Å²) >= 11 is 0. The van der Waals surface area contributed by atoms with Crippen LogP contribution in [0.3, 0.4) is 0 Å². The third-order valence-electron chi connectivity index (χ3n) is 3.08. The predicted octanol–water partition coefficient (Wildman–Crippen LogP) is 2.27. The number of hydrogen-bond acceptors (Lipinski definition) is 4. The molecule has 142 valence electrons. The molecule has 0 aromatic rings. The van der Waals surface area contributed by atoms with Gasteiger partial charge in [0, 0.05) is 33.9 Å². The normalized spacial score (nSPS) is 12.7. The average molecular weight is 345 g/mol. The quantitative estimate of drug-likeness (QED) is 0.339. The zero-order valence-electron chi connectivity index (χ0n) is 16.4. The maximum absolute atomic E-state index is 11.9. The molecule has 0 aliphatic carbocycles. The SMILES string of the molecule is CN=C(NCCCCCOC)NCC(C)(C)NC(=O)OC(C)(C)C. The Balaban J connectivity index is 4.10. The van der Waals surface area contributed by atoms with Crippen molar-refractivity contribution in [3.8, 4) is 0 Å². The number of guanidine groups is 1. The first-order valence-electron chi connectivity index (χ1n) is 8.54. The molecule has 0 bridgehead atoms. The fourth-order valence-electron chi connectivity index (χ4n) is 1.90. The minimum absolute atomic E-state index is 0.421. The molecule has 0 rings (SSSR count). The summed E-state index contributed by atoms with van der Waals surface area (Å²) in [5, 5.41) is 9.35. The fourth-order valence-corrected chi connectivity index (χ4v) is 1.90. The van der Waals surface area contributed by atoms with Crippen LogP contribution < -0.4 is 16.0 Å². The van der Waals surface area contributed by atoms with Gasteiger partial charge in [-0.25, -0.2) is 4.79 Å². The molecule has 0 unspecified atom stereocenters. The summed E-state index contributed by atoms with van der Waals surface area (Å²) in [4.78, 5) is 16.1. The summed E-state index contributed by atoms with van der Waals surface area (Å²) in [7, 11) is 3.45. The van der Waals surface area contributed by atoms with E-state index in [2.05, 4.69) is 20.9 Å². The monoisotopic (exact) mass is 344 g/mol. The maximum atomic E-state index is 11.9. The van der Waals surface area contributed by atoms with Crippen LogP contribution >= 0.6 is 0 Å². The van der Waals surface area contributed by atoms with Gasteiger partial charge in [-0.05, 0) is 53.9 Å². The molecule has 0 fully saturated rings. The largest absolute Gasteiger partial charge is 0.444 e. The van der Waals surface area contributed by atoms with Crippen LogP contribution in [-0.2, 0) is 9.47 Å². The smallest absolute Gasteiger partial charge is 0.408 e. The summed E-state index contributed by atoms with van der Waals surface area (Å²) < 4.78 is 10.3. The second-order valence-electron chi connectivity index (χ2n) is 7.42. The molecule has 7 heteroatoms. The van der Waals surface area contributed by atoms with Gasteiger partial charge in [0.15, 0.2) is 5.96 Å². The molecule has 0 aliphatic heterocycles. The Morgan fingerprint density at radius 3 is 2.25 bits per heavy atom. The van der Waals surface area contributed by atoms with E-state index in [0.29, 0.717) is 6.54 Å². The van der Waals surface area contributed by atoms with Gasteiger partial charge in [-0.2, -0.15) is 0 Å². The number of alkyl carbamates (subject to hydrolysis) is 1. The van der Waals surface area contributed by atoms with E-state index in [9.17, 15) is 4.79 Å². The van der Waals surface area contributed by atoms with Gasteiger partial charge >= 0.3 is 6.09 Å². The lowest BCUT2D eigenvalue weighted by molar-refractivity contribution is 0.0474. The Kier molecular flexibility index (Phi) is 10.4. The lowest BCUT2D eigenvalue weighted by atomic mass is 10.1. The van der Waals surface area contributed by atoms with E-state index in [0.717, 1.165) is 38.4 Å². The molecule has 24 heavy (non-hydrogen) atoms. The second-order valence-corrected chi connectivity index (χ2v) is 7.42. The van der Waals surface area contributed by atoms with Crippen LogP contribution in [0.5, 0.6) is 0 Å². The first-order valence-corrected chi connectivity index (χ1v) is 8.54. The Morgan fingerprint density at radius 2 is 1.71 bits per heavy atom. The topological polar surface area (TPSA) is 84.0 Å². The predicted molar refractivity (Wildman–Crippen MR) is 98.5 cm³/mol. The summed E-state index contributed by atoms with van der Waals surface area (Å²) in [5.41, 5.74) is -0.966. The number of carbonyl (C=O) groups excluding carboxylic acids is 1. The Hall–Kier alpha value is -1.50. The zero-order chi connectivity index (χ0) is 18.6. The second kappa shape index (κ2) is 11.1. The van der Waals surface area contributed by atoms with Gasteiger partial charge < -0.3 is 25.4 Å². The van der Waals surface area contributed by atoms with E-state index in [4.69, 9.17) is 9.47 Å². The van der Waals surface area contributed by atoms with Crippen LogP contribution in [0.4, 0.5) is 4.79 Å². The molecule has 0 aliphatic rings. The van der Waals surface area contributed by atoms with E-state index in [-0.39, 0.29) is 0 Å². The van der Waals surface area contributed by atoms with Crippen LogP contribution in [0.2, 0.25) is 0 Å². The van der Waals surface area contributed by atoms with Gasteiger partial charge in [0.05, 0.1) is 5.54 Å². The van der Waals surface area contributed by atoms with Crippen molar-refractivity contribution in [3.05, 3.63) is 0 Å². The third-order valence-corrected chi connectivity index (χ3v) is 3.08. The molecule has 0 aromatic carbocycles. The zero-order valence-corrected chi connectivity index (χ0v) is 16.4. The molecule has 0 spiro atoms. The van der Waals surface area contributed by atoms with Gasteiger partial charge in [0.2, 0.25) is 0 Å². The molecule has 0 heterocycles. The molecule has 0 saturated carbocycles. The highest BCUT2D eigenvalue weighted by Gasteiger charge is 2.24. The highest BCUT2D eigenvalue weighted by atomic mass is 16.6. The van der Waals surface area contributed by atoms with E-state index < -0.39 is 17.2 Å². The maximum Gasteiger partial charge on any atom is 0.408 e. The number of hydrogen-bond donors (Lipinski definition) is 3. The minimum Gasteiger partial charge on any atom is -0.444 e. The van der Waals surface area contributed by atoms with Crippen molar-refractivity contribution in [2.45, 2.75) is 65.0 Å². The lowest BCUT2D eigenvalue weighted by Crippen LogP contribution is -2.54. The summed E-state index contributed by atoms with van der Waals surface area (Å²) in [5.74, 6) is 0.723. The Morgan fingerprint density at radius 1 is 1.04 bits per heavy atom. The van der Waals surface area contributed by atoms with E-state index in [1.807, 2.05) is 34.6 Å². The van der Waals surface area contributed by atoms with Gasteiger partial charge in [0.25, 0.3) is 0 Å². The van der Waals surface area contributed by atoms with E-state index in [1.54, 1.807) is 14.2 Å². The number of aliphatic imine (C=N–C) groups is 1. The van der Waals surface area contributed by atoms with Crippen molar-refractivity contribution < 1.29 is 14.3 Å². The van der Waals surface area contributed by atoms with Crippen molar-refractivity contribution in [2.75, 3.05) is 33.9 Å². The Bertz CT molecular complexity index is 390. The van der Waals surface area contributed by atoms with Crippen molar-refractivity contribution in [1.82, 2.24) is 16.0 Å². The molecule has 0 aromatic heterocycles. The highest BCUT2D eigenvalue weighted by molar-refractivity contribution is 5.79. The van der Waals surface area contributed by atoms with Crippen LogP contribution in [0, 0.1) is 0 Å². The van der Waals surface area contributed by atoms with Crippen molar-refractivity contribution >= 4 is 12.1 Å². The molecule has 7 nitrogen and oxygen atoms in total. The molecular weight excluding hydrogens is 308 g/mol. The number of nitrogens with one attached hydrogen (secondary N) is 3. The first-order chi connectivity index (χ1) is 11.1. The lowest BCUT2D eigenvalue weighted by Gasteiger charge is -2.29. The van der Waals surface area contributed by atoms with Gasteiger partial charge in [-0.3, -0.25) is 4.99 Å². The van der Waals surface area contributed by atoms with Crippen molar-refractivity contribution in [2.24, 2.45) is 4.99 Å². The van der Waals surface area contributed by atoms with E-state index in [1.165, 1.54) is 0 Å². The number of ether oxygens (including phenoxy) is 2. The average Bonchev–Trinajstić information content (AvgIpc) is 2.43. The summed E-state index contributed by atoms with van der Waals surface area (Å²) in [6.45, 7) is 11.6.